The first-order valence-corrected chi connectivity index (χ1v) is 16.7. The third-order valence-corrected chi connectivity index (χ3v) is 9.17. The van der Waals surface area contributed by atoms with Crippen molar-refractivity contribution in [1.82, 2.24) is 0 Å². The molecule has 0 fully saturated rings. The number of benzene rings is 5. The van der Waals surface area contributed by atoms with Gasteiger partial charge in [-0.2, -0.15) is 0 Å². The molecule has 49 heavy (non-hydrogen) atoms. The maximum Gasteiger partial charge on any atom is -0.00203 e. The summed E-state index contributed by atoms with van der Waals surface area (Å²) >= 11 is 0. The zero-order chi connectivity index (χ0) is 35.1. The molecule has 0 spiro atoms. The number of aryl methyl sites for hydroxylation is 1. The highest BCUT2D eigenvalue weighted by Gasteiger charge is 2.23. The molecule has 5 aromatic rings. The number of hydrogen-bond acceptors (Lipinski definition) is 0. The van der Waals surface area contributed by atoms with Crippen molar-refractivity contribution >= 4 is 52.8 Å². The van der Waals surface area contributed by atoms with Crippen LogP contribution in [0.3, 0.4) is 0 Å². The summed E-state index contributed by atoms with van der Waals surface area (Å²) in [5, 5.41) is 2.21. The summed E-state index contributed by atoms with van der Waals surface area (Å²) in [5.74, 6) is 0. The van der Waals surface area contributed by atoms with Gasteiger partial charge in [-0.1, -0.05) is 192 Å². The largest absolute Gasteiger partial charge is 0.0984 e. The van der Waals surface area contributed by atoms with Crippen LogP contribution in [0.25, 0.3) is 86.2 Å². The molecule has 0 heterocycles. The van der Waals surface area contributed by atoms with Crippen LogP contribution >= 0.6 is 0 Å². The minimum Gasteiger partial charge on any atom is -0.0984 e. The lowest BCUT2D eigenvalue weighted by molar-refractivity contribution is 1.22. The predicted octanol–water partition coefficient (Wildman–Crippen LogP) is 14.5. The number of hydrogen-bond donors (Lipinski definition) is 0. The van der Waals surface area contributed by atoms with Crippen LogP contribution in [-0.2, 0) is 0 Å². The molecule has 0 atom stereocenters. The highest BCUT2D eigenvalue weighted by atomic mass is 14.3. The number of allylic oxidation sites excluding steroid dienone is 5. The Hall–Kier alpha value is -5.98. The first kappa shape index (κ1) is 34.4. The zero-order valence-corrected chi connectivity index (χ0v) is 28.9. The molecule has 0 aromatic heterocycles. The molecule has 0 heteroatoms. The molecular weight excluding hydrogens is 589 g/mol. The molecule has 0 saturated heterocycles. The van der Waals surface area contributed by atoms with Gasteiger partial charge < -0.3 is 0 Å². The van der Waals surface area contributed by atoms with Gasteiger partial charge in [-0.05, 0) is 102 Å². The first-order chi connectivity index (χ1) is 23.9. The Labute approximate surface area is 293 Å². The molecule has 0 bridgehead atoms. The Morgan fingerprint density at radius 1 is 0.531 bits per heavy atom. The molecule has 0 aliphatic heterocycles. The molecule has 0 aliphatic carbocycles. The summed E-state index contributed by atoms with van der Waals surface area (Å²) in [7, 11) is 0. The van der Waals surface area contributed by atoms with Crippen molar-refractivity contribution in [3.05, 3.63) is 188 Å². The molecule has 0 saturated carbocycles. The Bertz CT molecular complexity index is 2210. The highest BCUT2D eigenvalue weighted by Crippen LogP contribution is 2.47. The van der Waals surface area contributed by atoms with Crippen LogP contribution in [0.1, 0.15) is 57.9 Å². The van der Waals surface area contributed by atoms with E-state index in [4.69, 9.17) is 0 Å². The van der Waals surface area contributed by atoms with E-state index in [2.05, 4.69) is 151 Å². The molecule has 240 valence electrons. The molecule has 0 unspecified atom stereocenters. The fourth-order valence-corrected chi connectivity index (χ4v) is 6.88. The SMILES string of the molecule is C=C/C(=C\C=C\CC)c1ccc(-c2c(C=C)c(C=C)c(-c3ccc(-c4ccc(C)cc4)c(C=C)c3C=C)c3ccccc23)c(C=C)c1C=C. The van der Waals surface area contributed by atoms with Crippen LogP contribution in [0, 0.1) is 6.92 Å². The van der Waals surface area contributed by atoms with Crippen LogP contribution in [-0.4, -0.2) is 0 Å². The molecule has 5 rings (SSSR count). The topological polar surface area (TPSA) is 0 Å². The standard InChI is InChI=1S/C49H44/c1-10-18-19-22-34(11-2)42-29-31-46(38(14-5)36(42)12-3)48-40(16-7)41(17-8)49(45-24-21-20-23-44(45)48)47-32-30-43(37(13-4)39(47)15-6)35-27-25-33(9)26-28-35/h11-32H,2-8,10H2,1,9H3/b19-18+,34-22+. The van der Waals surface area contributed by atoms with Gasteiger partial charge in [0.05, 0.1) is 0 Å². The van der Waals surface area contributed by atoms with Gasteiger partial charge in [-0.25, -0.2) is 0 Å². The van der Waals surface area contributed by atoms with E-state index in [1.807, 2.05) is 42.5 Å². The van der Waals surface area contributed by atoms with E-state index < -0.39 is 0 Å². The second-order valence-electron chi connectivity index (χ2n) is 11.9. The predicted molar refractivity (Wildman–Crippen MR) is 223 cm³/mol. The van der Waals surface area contributed by atoms with Gasteiger partial charge in [0.2, 0.25) is 0 Å². The lowest BCUT2D eigenvalue weighted by atomic mass is 9.79. The Morgan fingerprint density at radius 2 is 1.00 bits per heavy atom. The maximum atomic E-state index is 4.34. The smallest absolute Gasteiger partial charge is 0.00203 e. The average Bonchev–Trinajstić information content (AvgIpc) is 3.14. The molecule has 0 amide bonds. The van der Waals surface area contributed by atoms with E-state index >= 15 is 0 Å². The lowest BCUT2D eigenvalue weighted by Crippen LogP contribution is -2.01. The van der Waals surface area contributed by atoms with E-state index in [1.165, 1.54) is 5.56 Å². The number of fused-ring (bicyclic) bond motifs is 1. The Kier molecular flexibility index (Phi) is 10.7. The van der Waals surface area contributed by atoms with Gasteiger partial charge in [0.25, 0.3) is 0 Å². The fourth-order valence-electron chi connectivity index (χ4n) is 6.88. The lowest BCUT2D eigenvalue weighted by Gasteiger charge is -2.24. The van der Waals surface area contributed by atoms with E-state index in [-0.39, 0.29) is 0 Å². The van der Waals surface area contributed by atoms with Crippen molar-refractivity contribution in [2.75, 3.05) is 0 Å². The Morgan fingerprint density at radius 3 is 1.49 bits per heavy atom. The molecule has 0 nitrogen and oxygen atoms in total. The fraction of sp³-hybridized carbons (Fsp3) is 0.0612. The Balaban J connectivity index is 1.88. The van der Waals surface area contributed by atoms with Gasteiger partial charge in [0.1, 0.15) is 0 Å². The summed E-state index contributed by atoms with van der Waals surface area (Å²) < 4.78 is 0. The van der Waals surface area contributed by atoms with E-state index in [0.29, 0.717) is 0 Å². The third-order valence-electron chi connectivity index (χ3n) is 9.17. The zero-order valence-electron chi connectivity index (χ0n) is 28.9. The summed E-state index contributed by atoms with van der Waals surface area (Å²) in [6.45, 7) is 34.0. The van der Waals surface area contributed by atoms with Gasteiger partial charge in [0, 0.05) is 0 Å². The molecule has 0 aliphatic rings. The second kappa shape index (κ2) is 15.3. The van der Waals surface area contributed by atoms with Gasteiger partial charge in [-0.3, -0.25) is 0 Å². The second-order valence-corrected chi connectivity index (χ2v) is 11.9. The summed E-state index contributed by atoms with van der Waals surface area (Å²) in [6.07, 6.45) is 20.8. The molecule has 5 aromatic carbocycles. The van der Waals surface area contributed by atoms with Crippen molar-refractivity contribution in [3.63, 3.8) is 0 Å². The van der Waals surface area contributed by atoms with E-state index in [9.17, 15) is 0 Å². The van der Waals surface area contributed by atoms with Gasteiger partial charge in [0.15, 0.2) is 0 Å². The van der Waals surface area contributed by atoms with E-state index in [1.54, 1.807) is 0 Å². The van der Waals surface area contributed by atoms with Crippen molar-refractivity contribution < 1.29 is 0 Å². The highest BCUT2D eigenvalue weighted by molar-refractivity contribution is 6.14. The summed E-state index contributed by atoms with van der Waals surface area (Å²) in [4.78, 5) is 0. The number of rotatable bonds is 13. The van der Waals surface area contributed by atoms with Gasteiger partial charge in [-0.15, -0.1) is 0 Å². The molecular formula is C49H44. The maximum absolute atomic E-state index is 4.34. The first-order valence-electron chi connectivity index (χ1n) is 16.7. The van der Waals surface area contributed by atoms with Crippen LogP contribution in [0.5, 0.6) is 0 Å². The van der Waals surface area contributed by atoms with Crippen LogP contribution in [0.15, 0.2) is 143 Å². The summed E-state index contributed by atoms with van der Waals surface area (Å²) in [5.41, 5.74) is 15.9. The van der Waals surface area contributed by atoms with Crippen molar-refractivity contribution in [3.8, 4) is 33.4 Å². The monoisotopic (exact) mass is 632 g/mol. The van der Waals surface area contributed by atoms with Crippen molar-refractivity contribution in [2.24, 2.45) is 0 Å². The van der Waals surface area contributed by atoms with Crippen molar-refractivity contribution in [1.29, 1.82) is 0 Å². The third kappa shape index (κ3) is 6.22. The summed E-state index contributed by atoms with van der Waals surface area (Å²) in [6, 6.07) is 25.9. The minimum atomic E-state index is 0.963. The molecule has 0 N–H and O–H groups in total. The van der Waals surface area contributed by atoms with Crippen LogP contribution in [0.4, 0.5) is 0 Å². The quantitative estimate of drug-likeness (QED) is 0.113. The average molecular weight is 633 g/mol. The van der Waals surface area contributed by atoms with Crippen LogP contribution in [0.2, 0.25) is 0 Å². The minimum absolute atomic E-state index is 0.963. The van der Waals surface area contributed by atoms with Crippen LogP contribution < -0.4 is 0 Å². The van der Waals surface area contributed by atoms with Gasteiger partial charge >= 0.3 is 0 Å². The van der Waals surface area contributed by atoms with E-state index in [0.717, 1.165) is 95.1 Å². The normalized spacial score (nSPS) is 11.3. The molecule has 0 radical (unpaired) electrons. The van der Waals surface area contributed by atoms with Crippen molar-refractivity contribution in [2.45, 2.75) is 20.3 Å².